The van der Waals surface area contributed by atoms with Crippen LogP contribution >= 0.6 is 11.6 Å². The summed E-state index contributed by atoms with van der Waals surface area (Å²) in [5.74, 6) is -6.11. The van der Waals surface area contributed by atoms with Gasteiger partial charge in [0.05, 0.1) is 22.0 Å². The van der Waals surface area contributed by atoms with E-state index in [0.29, 0.717) is 15.4 Å². The maximum absolute atomic E-state index is 15.3. The lowest BCUT2D eigenvalue weighted by atomic mass is 10.0. The first-order valence-corrected chi connectivity index (χ1v) is 10.9. The molecule has 2 N–H and O–H groups in total. The molecule has 1 amide bonds. The van der Waals surface area contributed by atoms with Crippen LogP contribution in [-0.4, -0.2) is 43.1 Å². The van der Waals surface area contributed by atoms with Crippen molar-refractivity contribution >= 4 is 28.3 Å². The average Bonchev–Trinajstić information content (AvgIpc) is 3.17. The maximum Gasteiger partial charge on any atom is 0.351 e. The predicted molar refractivity (Wildman–Crippen MR) is 123 cm³/mol. The molecule has 0 radical (unpaired) electrons. The maximum atomic E-state index is 15.3. The van der Waals surface area contributed by atoms with E-state index >= 15 is 4.39 Å². The monoisotopic (exact) mass is 542 g/mol. The Morgan fingerprint density at radius 3 is 2.32 bits per heavy atom. The van der Waals surface area contributed by atoms with E-state index in [4.69, 9.17) is 17.3 Å². The highest BCUT2D eigenvalue weighted by Gasteiger charge is 2.30. The number of carbonyl (C=O) groups is 1. The normalized spacial score (nSPS) is 12.4. The summed E-state index contributed by atoms with van der Waals surface area (Å²) in [6.45, 7) is -0.224. The molecule has 0 aliphatic heterocycles. The van der Waals surface area contributed by atoms with E-state index in [0.717, 1.165) is 16.7 Å². The van der Waals surface area contributed by atoms with E-state index < -0.39 is 81.5 Å². The van der Waals surface area contributed by atoms with Crippen LogP contribution in [0.15, 0.2) is 39.9 Å². The van der Waals surface area contributed by atoms with Crippen molar-refractivity contribution in [1.29, 1.82) is 0 Å². The molecule has 0 fully saturated rings. The van der Waals surface area contributed by atoms with Crippen molar-refractivity contribution in [2.24, 2.45) is 5.73 Å². The second kappa shape index (κ2) is 9.76. The molecular weight excluding hydrogens is 527 g/mol. The molecule has 2 aromatic carbocycles. The highest BCUT2D eigenvalue weighted by atomic mass is 35.5. The largest absolute Gasteiger partial charge is 0.363 e. The minimum absolute atomic E-state index is 0.0669. The molecule has 37 heavy (non-hydrogen) atoms. The Labute approximate surface area is 208 Å². The highest BCUT2D eigenvalue weighted by Crippen LogP contribution is 2.31. The molecule has 1 atom stereocenters. The number of carbonyl (C=O) groups excluding carboxylic acids is 1. The molecule has 0 bridgehead atoms. The first-order chi connectivity index (χ1) is 17.5. The number of primary amides is 1. The Hall–Kier alpha value is -4.07. The van der Waals surface area contributed by atoms with Crippen LogP contribution < -0.4 is 17.0 Å². The Bertz CT molecular complexity index is 1650. The van der Waals surface area contributed by atoms with Crippen molar-refractivity contribution in [2.75, 3.05) is 6.67 Å². The van der Waals surface area contributed by atoms with Gasteiger partial charge < -0.3 is 5.73 Å². The molecular formula is C22H16ClF5N6O3. The number of aromatic nitrogens is 5. The number of hydrogen-bond acceptors (Lipinski definition) is 5. The van der Waals surface area contributed by atoms with Crippen LogP contribution in [0.25, 0.3) is 22.1 Å². The van der Waals surface area contributed by atoms with Crippen LogP contribution in [0.1, 0.15) is 29.2 Å². The van der Waals surface area contributed by atoms with Gasteiger partial charge in [-0.3, -0.25) is 18.5 Å². The van der Waals surface area contributed by atoms with Gasteiger partial charge in [0.2, 0.25) is 12.2 Å². The second-order valence-electron chi connectivity index (χ2n) is 7.74. The first-order valence-electron chi connectivity index (χ1n) is 10.6. The second-order valence-corrected chi connectivity index (χ2v) is 8.15. The molecule has 1 unspecified atom stereocenters. The molecule has 2 aromatic heterocycles. The lowest BCUT2D eigenvalue weighted by Crippen LogP contribution is -2.28. The third-order valence-electron chi connectivity index (χ3n) is 5.59. The van der Waals surface area contributed by atoms with Crippen LogP contribution in [0.3, 0.4) is 0 Å². The topological polar surface area (TPSA) is 118 Å². The van der Waals surface area contributed by atoms with Crippen molar-refractivity contribution in [2.45, 2.75) is 25.8 Å². The van der Waals surface area contributed by atoms with Gasteiger partial charge in [0.15, 0.2) is 5.82 Å². The summed E-state index contributed by atoms with van der Waals surface area (Å²) in [6.07, 6.45) is -3.33. The summed E-state index contributed by atoms with van der Waals surface area (Å²) in [5.41, 5.74) is 1.07. The summed E-state index contributed by atoms with van der Waals surface area (Å²) >= 11 is 6.00. The van der Waals surface area contributed by atoms with E-state index in [9.17, 15) is 31.9 Å². The molecule has 0 saturated heterocycles. The number of benzene rings is 2. The van der Waals surface area contributed by atoms with E-state index in [1.54, 1.807) is 0 Å². The molecule has 0 spiro atoms. The summed E-state index contributed by atoms with van der Waals surface area (Å²) in [4.78, 5) is 37.6. The fourth-order valence-corrected chi connectivity index (χ4v) is 4.07. The predicted octanol–water partition coefficient (Wildman–Crippen LogP) is 3.10. The molecule has 15 heteroatoms. The number of rotatable bonds is 7. The summed E-state index contributed by atoms with van der Waals surface area (Å²) in [7, 11) is 0. The summed E-state index contributed by atoms with van der Waals surface area (Å²) in [6, 6.07) is 4.73. The number of alkyl halides is 3. The zero-order valence-electron chi connectivity index (χ0n) is 18.8. The molecule has 0 aliphatic carbocycles. The number of fused-ring (bicyclic) bond motifs is 1. The summed E-state index contributed by atoms with van der Waals surface area (Å²) in [5, 5.41) is 6.16. The molecule has 194 valence electrons. The van der Waals surface area contributed by atoms with E-state index in [2.05, 4.69) is 10.2 Å². The van der Waals surface area contributed by atoms with E-state index in [1.165, 1.54) is 19.1 Å². The molecule has 9 nitrogen and oxygen atoms in total. The number of nitrogens with two attached hydrogens (primary N) is 1. The van der Waals surface area contributed by atoms with Crippen LogP contribution in [-0.2, 0) is 6.54 Å². The highest BCUT2D eigenvalue weighted by molar-refractivity contribution is 6.32. The van der Waals surface area contributed by atoms with E-state index in [-0.39, 0.29) is 11.6 Å². The van der Waals surface area contributed by atoms with Crippen LogP contribution in [0, 0.1) is 11.6 Å². The van der Waals surface area contributed by atoms with E-state index in [1.807, 2.05) is 0 Å². The number of hydrogen-bond donors (Lipinski definition) is 1. The fourth-order valence-electron chi connectivity index (χ4n) is 3.83. The van der Waals surface area contributed by atoms with Crippen molar-refractivity contribution in [3.05, 3.63) is 79.3 Å². The van der Waals surface area contributed by atoms with Gasteiger partial charge in [-0.05, 0) is 31.2 Å². The third-order valence-corrected chi connectivity index (χ3v) is 5.90. The standard InChI is InChI=1S/C22H16ClF5N6O3/c1-2-32-20(19(29)35)31-33(22(32)37)15-7-9-10(6-14(15)26)21(36)34(17-12(23)4-3-5-13(17)25)30-16(9)11(8-24)18(27)28/h3-7,11,18H,2,8H2,1H3,(H2,29,35). The van der Waals surface area contributed by atoms with Crippen molar-refractivity contribution in [1.82, 2.24) is 24.1 Å². The van der Waals surface area contributed by atoms with Gasteiger partial charge in [-0.2, -0.15) is 14.5 Å². The lowest BCUT2D eigenvalue weighted by Gasteiger charge is -2.18. The quantitative estimate of drug-likeness (QED) is 0.360. The molecule has 4 rings (SSSR count). The van der Waals surface area contributed by atoms with Crippen molar-refractivity contribution in [3.63, 3.8) is 0 Å². The van der Waals surface area contributed by atoms with Gasteiger partial charge in [0.25, 0.3) is 11.5 Å². The number of amides is 1. The van der Waals surface area contributed by atoms with Gasteiger partial charge in [0, 0.05) is 11.9 Å². The van der Waals surface area contributed by atoms with Gasteiger partial charge in [-0.25, -0.2) is 22.4 Å². The lowest BCUT2D eigenvalue weighted by molar-refractivity contribution is 0.0981. The smallest absolute Gasteiger partial charge is 0.351 e. The Balaban J connectivity index is 2.13. The van der Waals surface area contributed by atoms with Gasteiger partial charge >= 0.3 is 5.69 Å². The first kappa shape index (κ1) is 26.0. The Morgan fingerprint density at radius 1 is 1.08 bits per heavy atom. The van der Waals surface area contributed by atoms with Crippen molar-refractivity contribution in [3.8, 4) is 11.4 Å². The Morgan fingerprint density at radius 2 is 1.78 bits per heavy atom. The molecule has 4 aromatic rings. The van der Waals surface area contributed by atoms with Crippen LogP contribution in [0.5, 0.6) is 0 Å². The Kier molecular flexibility index (Phi) is 6.86. The molecule has 0 aliphatic rings. The minimum atomic E-state index is -3.33. The van der Waals surface area contributed by atoms with Crippen LogP contribution in [0.4, 0.5) is 22.0 Å². The third kappa shape index (κ3) is 4.26. The van der Waals surface area contributed by atoms with Crippen LogP contribution in [0.2, 0.25) is 5.02 Å². The minimum Gasteiger partial charge on any atom is -0.363 e. The molecule has 2 heterocycles. The zero-order valence-corrected chi connectivity index (χ0v) is 19.5. The number of nitrogens with zero attached hydrogens (tertiary/aromatic N) is 5. The summed E-state index contributed by atoms with van der Waals surface area (Å²) < 4.78 is 72.8. The van der Waals surface area contributed by atoms with Crippen molar-refractivity contribution < 1.29 is 26.7 Å². The fraction of sp³-hybridized carbons (Fsp3) is 0.227. The number of para-hydroxylation sites is 1. The zero-order chi connectivity index (χ0) is 27.2. The van der Waals surface area contributed by atoms with Gasteiger partial charge in [-0.15, -0.1) is 5.10 Å². The SMILES string of the molecule is CCn1c(C(N)=O)nn(-c2cc3c(C(CF)C(F)F)nn(-c4c(F)cccc4Cl)c(=O)c3cc2F)c1=O. The molecule has 0 saturated carbocycles. The van der Waals surface area contributed by atoms with Gasteiger partial charge in [0.1, 0.15) is 23.9 Å². The number of halogens is 6. The van der Waals surface area contributed by atoms with Gasteiger partial charge in [-0.1, -0.05) is 17.7 Å². The average molecular weight is 543 g/mol.